The Morgan fingerprint density at radius 3 is 2.73 bits per heavy atom. The van der Waals surface area contributed by atoms with E-state index >= 15 is 0 Å². The zero-order valence-electron chi connectivity index (χ0n) is 26.2. The first-order chi connectivity index (χ1) is 19.1. The fraction of sp³-hybridized carbons (Fsp3) is 0.829. The van der Waals surface area contributed by atoms with Crippen molar-refractivity contribution < 1.29 is 19.1 Å². The summed E-state index contributed by atoms with van der Waals surface area (Å²) in [6, 6.07) is 0. The standard InChI is InChI=1S/C35H55NO4/c1-7-8-9-10-32(38)39-26-15-17-34(5)25(19-26)12-13-27-28(34)16-18-35(6)29(27)20-31-33(35)23(3)30(40-31)14-11-22(2)21-36-24(4)37/h12,22,26-29,31,33H,7-11,13-21H2,1-6H3,(H,36,37)/t22?,26?,27?,28?,29?,31?,33?,34-,35-/m0/s1. The van der Waals surface area contributed by atoms with Crippen molar-refractivity contribution >= 4 is 11.9 Å². The lowest BCUT2D eigenvalue weighted by atomic mass is 9.47. The molecule has 5 rings (SSSR count). The van der Waals surface area contributed by atoms with Crippen LogP contribution in [0.3, 0.4) is 0 Å². The van der Waals surface area contributed by atoms with Crippen LogP contribution in [0.5, 0.6) is 0 Å². The van der Waals surface area contributed by atoms with E-state index < -0.39 is 0 Å². The number of hydrogen-bond acceptors (Lipinski definition) is 4. The molecular formula is C35H55NO4. The van der Waals surface area contributed by atoms with Crippen molar-refractivity contribution in [3.63, 3.8) is 0 Å². The van der Waals surface area contributed by atoms with Gasteiger partial charge in [0.1, 0.15) is 12.2 Å². The van der Waals surface area contributed by atoms with Gasteiger partial charge in [-0.1, -0.05) is 52.2 Å². The normalized spacial score (nSPS) is 38.8. The molecule has 40 heavy (non-hydrogen) atoms. The summed E-state index contributed by atoms with van der Waals surface area (Å²) >= 11 is 0. The van der Waals surface area contributed by atoms with E-state index in [1.165, 1.54) is 37.0 Å². The zero-order valence-corrected chi connectivity index (χ0v) is 26.2. The minimum Gasteiger partial charge on any atom is -0.494 e. The van der Waals surface area contributed by atoms with Gasteiger partial charge in [-0.05, 0) is 98.4 Å². The lowest BCUT2D eigenvalue weighted by molar-refractivity contribution is -0.151. The van der Waals surface area contributed by atoms with Crippen molar-refractivity contribution in [3.8, 4) is 0 Å². The van der Waals surface area contributed by atoms with Gasteiger partial charge >= 0.3 is 5.97 Å². The molecule has 1 N–H and O–H groups in total. The van der Waals surface area contributed by atoms with Crippen LogP contribution in [-0.2, 0) is 19.1 Å². The molecule has 9 atom stereocenters. The lowest BCUT2D eigenvalue weighted by Crippen LogP contribution is -2.50. The smallest absolute Gasteiger partial charge is 0.306 e. The van der Waals surface area contributed by atoms with Crippen LogP contribution in [0.4, 0.5) is 0 Å². The third-order valence-electron chi connectivity index (χ3n) is 12.1. The number of rotatable bonds is 10. The summed E-state index contributed by atoms with van der Waals surface area (Å²) in [5.74, 6) is 4.51. The number of hydrogen-bond donors (Lipinski definition) is 1. The number of ether oxygens (including phenoxy) is 2. The molecule has 0 bridgehead atoms. The Bertz CT molecular complexity index is 1030. The highest BCUT2D eigenvalue weighted by Crippen LogP contribution is 2.69. The molecule has 5 heteroatoms. The van der Waals surface area contributed by atoms with Crippen LogP contribution in [-0.4, -0.2) is 30.6 Å². The van der Waals surface area contributed by atoms with Gasteiger partial charge in [0.2, 0.25) is 5.91 Å². The molecule has 5 nitrogen and oxygen atoms in total. The van der Waals surface area contributed by atoms with Crippen LogP contribution in [0, 0.1) is 40.4 Å². The van der Waals surface area contributed by atoms with E-state index in [2.05, 4.69) is 46.0 Å². The molecule has 3 saturated carbocycles. The predicted molar refractivity (Wildman–Crippen MR) is 159 cm³/mol. The molecule has 7 unspecified atom stereocenters. The minimum atomic E-state index is 0.00671. The summed E-state index contributed by atoms with van der Waals surface area (Å²) in [5, 5.41) is 2.96. The quantitative estimate of drug-likeness (QED) is 0.170. The summed E-state index contributed by atoms with van der Waals surface area (Å²) in [7, 11) is 0. The van der Waals surface area contributed by atoms with Gasteiger partial charge in [0.05, 0.1) is 5.76 Å². The Morgan fingerprint density at radius 1 is 1.18 bits per heavy atom. The maximum absolute atomic E-state index is 12.4. The van der Waals surface area contributed by atoms with Gasteiger partial charge in [-0.3, -0.25) is 9.59 Å². The van der Waals surface area contributed by atoms with E-state index in [4.69, 9.17) is 9.47 Å². The van der Waals surface area contributed by atoms with Gasteiger partial charge in [0.15, 0.2) is 0 Å². The summed E-state index contributed by atoms with van der Waals surface area (Å²) in [6.07, 6.45) is 16.9. The lowest BCUT2D eigenvalue weighted by Gasteiger charge is -2.58. The molecule has 1 aliphatic heterocycles. The Balaban J connectivity index is 1.23. The van der Waals surface area contributed by atoms with E-state index in [0.717, 1.165) is 75.7 Å². The number of unbranched alkanes of at least 4 members (excludes halogenated alkanes) is 2. The highest BCUT2D eigenvalue weighted by Gasteiger charge is 2.63. The Kier molecular flexibility index (Phi) is 8.79. The summed E-state index contributed by atoms with van der Waals surface area (Å²) < 4.78 is 12.7. The third kappa shape index (κ3) is 5.52. The second kappa shape index (κ2) is 11.8. The Labute approximate surface area is 243 Å². The molecule has 1 amide bonds. The second-order valence-corrected chi connectivity index (χ2v) is 14.7. The predicted octanol–water partition coefficient (Wildman–Crippen LogP) is 7.89. The molecule has 0 radical (unpaired) electrons. The first-order valence-corrected chi connectivity index (χ1v) is 16.6. The number of esters is 1. The highest BCUT2D eigenvalue weighted by molar-refractivity contribution is 5.72. The average Bonchev–Trinajstić information content (AvgIpc) is 3.39. The number of carbonyl (C=O) groups is 2. The van der Waals surface area contributed by atoms with E-state index in [1.807, 2.05) is 0 Å². The van der Waals surface area contributed by atoms with Crippen molar-refractivity contribution in [3.05, 3.63) is 23.0 Å². The number of fused-ring (bicyclic) bond motifs is 7. The first kappa shape index (κ1) is 29.7. The third-order valence-corrected chi connectivity index (χ3v) is 12.1. The van der Waals surface area contributed by atoms with Gasteiger partial charge < -0.3 is 14.8 Å². The van der Waals surface area contributed by atoms with Crippen molar-refractivity contribution in [1.29, 1.82) is 0 Å². The van der Waals surface area contributed by atoms with Crippen LogP contribution < -0.4 is 5.32 Å². The molecule has 224 valence electrons. The molecule has 0 spiro atoms. The van der Waals surface area contributed by atoms with E-state index in [-0.39, 0.29) is 23.4 Å². The molecule has 0 aromatic rings. The maximum atomic E-state index is 12.4. The fourth-order valence-corrected chi connectivity index (χ4v) is 9.87. The molecule has 1 heterocycles. The van der Waals surface area contributed by atoms with Crippen LogP contribution in [0.25, 0.3) is 0 Å². The summed E-state index contributed by atoms with van der Waals surface area (Å²) in [5.41, 5.74) is 3.68. The average molecular weight is 554 g/mol. The van der Waals surface area contributed by atoms with Crippen molar-refractivity contribution in [2.45, 2.75) is 137 Å². The second-order valence-electron chi connectivity index (χ2n) is 14.7. The van der Waals surface area contributed by atoms with Crippen LogP contribution in [0.1, 0.15) is 125 Å². The number of allylic oxidation sites excluding steroid dienone is 2. The largest absolute Gasteiger partial charge is 0.494 e. The summed E-state index contributed by atoms with van der Waals surface area (Å²) in [4.78, 5) is 23.7. The highest BCUT2D eigenvalue weighted by atomic mass is 16.5. The van der Waals surface area contributed by atoms with Gasteiger partial charge in [-0.25, -0.2) is 0 Å². The maximum Gasteiger partial charge on any atom is 0.306 e. The molecule has 0 aromatic heterocycles. The Morgan fingerprint density at radius 2 is 1.98 bits per heavy atom. The van der Waals surface area contributed by atoms with Gasteiger partial charge in [-0.2, -0.15) is 0 Å². The zero-order chi connectivity index (χ0) is 28.7. The SMILES string of the molecule is CCCCCC(=O)OC1CC[C@@]2(C)C(=CCC3C4CC5OC(CCC(C)CNC(C)=O)=C(C)C5[C@@]4(C)CCC32)C1. The van der Waals surface area contributed by atoms with Gasteiger partial charge in [0, 0.05) is 38.6 Å². The van der Waals surface area contributed by atoms with Gasteiger partial charge in [0.25, 0.3) is 0 Å². The van der Waals surface area contributed by atoms with Crippen LogP contribution >= 0.6 is 0 Å². The van der Waals surface area contributed by atoms with E-state index in [1.54, 1.807) is 12.5 Å². The van der Waals surface area contributed by atoms with Crippen LogP contribution in [0.2, 0.25) is 0 Å². The number of nitrogens with one attached hydrogen (secondary N) is 1. The molecule has 3 fully saturated rings. The first-order valence-electron chi connectivity index (χ1n) is 16.6. The Hall–Kier alpha value is -1.78. The number of carbonyl (C=O) groups excluding carboxylic acids is 2. The molecular weight excluding hydrogens is 498 g/mol. The van der Waals surface area contributed by atoms with Crippen molar-refractivity contribution in [2.24, 2.45) is 40.4 Å². The topological polar surface area (TPSA) is 64.6 Å². The minimum absolute atomic E-state index is 0.00671. The monoisotopic (exact) mass is 553 g/mol. The number of amides is 1. The van der Waals surface area contributed by atoms with Gasteiger partial charge in [-0.15, -0.1) is 0 Å². The van der Waals surface area contributed by atoms with Crippen LogP contribution in [0.15, 0.2) is 23.0 Å². The van der Waals surface area contributed by atoms with E-state index in [9.17, 15) is 9.59 Å². The summed E-state index contributed by atoms with van der Waals surface area (Å²) in [6.45, 7) is 14.2. The molecule has 5 aliphatic rings. The molecule has 4 aliphatic carbocycles. The van der Waals surface area contributed by atoms with E-state index in [0.29, 0.717) is 29.8 Å². The molecule has 0 saturated heterocycles. The molecule has 0 aromatic carbocycles. The van der Waals surface area contributed by atoms with Crippen molar-refractivity contribution in [2.75, 3.05) is 6.54 Å². The van der Waals surface area contributed by atoms with Crippen molar-refractivity contribution in [1.82, 2.24) is 5.32 Å². The fourth-order valence-electron chi connectivity index (χ4n) is 9.87.